The number of likely N-dealkylation sites (tertiary alicyclic amines) is 1. The molecule has 31 heavy (non-hydrogen) atoms. The van der Waals surface area contributed by atoms with Gasteiger partial charge in [0.15, 0.2) is 0 Å². The molecule has 4 rings (SSSR count). The third-order valence-corrected chi connectivity index (χ3v) is 6.70. The van der Waals surface area contributed by atoms with Gasteiger partial charge in [0.2, 0.25) is 11.8 Å². The number of rotatable bonds is 2. The summed E-state index contributed by atoms with van der Waals surface area (Å²) in [4.78, 5) is 55.8. The van der Waals surface area contributed by atoms with Crippen LogP contribution in [0.3, 0.4) is 0 Å². The van der Waals surface area contributed by atoms with Crippen LogP contribution in [0.1, 0.15) is 74.0 Å². The second-order valence-corrected chi connectivity index (χ2v) is 9.75. The van der Waals surface area contributed by atoms with Crippen molar-refractivity contribution in [1.29, 1.82) is 0 Å². The summed E-state index contributed by atoms with van der Waals surface area (Å²) < 4.78 is 0. The fourth-order valence-electron chi connectivity index (χ4n) is 4.99. The molecule has 9 nitrogen and oxygen atoms in total. The van der Waals surface area contributed by atoms with Crippen LogP contribution in [0.5, 0.6) is 0 Å². The van der Waals surface area contributed by atoms with Gasteiger partial charge >= 0.3 is 6.09 Å². The standard InChI is InChI=1S/C22H28N4O5/c1-22(2,3)17-9-12(6-7-25(17)21(30)31)15-8-13-11-26(20(29)14(13)10-23-15)16-4-5-18(27)24-19(16)28/h8,10,12,16-17H,4-7,9,11H2,1-3H3,(H,30,31)(H,24,27,28). The van der Waals surface area contributed by atoms with Crippen LogP contribution in [0.2, 0.25) is 0 Å². The highest BCUT2D eigenvalue weighted by Crippen LogP contribution is 2.39. The summed E-state index contributed by atoms with van der Waals surface area (Å²) in [7, 11) is 0. The maximum atomic E-state index is 12.9. The first-order chi connectivity index (χ1) is 14.6. The van der Waals surface area contributed by atoms with Crippen molar-refractivity contribution in [3.05, 3.63) is 29.1 Å². The monoisotopic (exact) mass is 428 g/mol. The van der Waals surface area contributed by atoms with E-state index in [0.717, 1.165) is 11.3 Å². The van der Waals surface area contributed by atoms with E-state index in [-0.39, 0.29) is 35.6 Å². The van der Waals surface area contributed by atoms with Gasteiger partial charge in [-0.1, -0.05) is 20.8 Å². The lowest BCUT2D eigenvalue weighted by Gasteiger charge is -2.44. The number of pyridine rings is 1. The third kappa shape index (κ3) is 3.88. The molecule has 0 spiro atoms. The van der Waals surface area contributed by atoms with Gasteiger partial charge in [0, 0.05) is 43.4 Å². The fraction of sp³-hybridized carbons (Fsp3) is 0.591. The summed E-state index contributed by atoms with van der Waals surface area (Å²) in [5, 5.41) is 11.9. The maximum Gasteiger partial charge on any atom is 0.407 e. The van der Waals surface area contributed by atoms with E-state index in [1.807, 2.05) is 26.8 Å². The topological polar surface area (TPSA) is 120 Å². The summed E-state index contributed by atoms with van der Waals surface area (Å²) >= 11 is 0. The first-order valence-electron chi connectivity index (χ1n) is 10.7. The third-order valence-electron chi connectivity index (χ3n) is 6.70. The molecule has 1 aromatic rings. The molecule has 3 aliphatic rings. The normalized spacial score (nSPS) is 26.7. The van der Waals surface area contributed by atoms with Gasteiger partial charge in [-0.05, 0) is 36.3 Å². The molecule has 2 saturated heterocycles. The van der Waals surface area contributed by atoms with Gasteiger partial charge in [-0.15, -0.1) is 0 Å². The second kappa shape index (κ2) is 7.62. The molecular weight excluding hydrogens is 400 g/mol. The van der Waals surface area contributed by atoms with Crippen LogP contribution in [-0.4, -0.2) is 62.3 Å². The number of hydrogen-bond donors (Lipinski definition) is 2. The number of carbonyl (C=O) groups excluding carboxylic acids is 3. The van der Waals surface area contributed by atoms with Gasteiger partial charge in [0.1, 0.15) is 6.04 Å². The Morgan fingerprint density at radius 2 is 1.97 bits per heavy atom. The van der Waals surface area contributed by atoms with Crippen LogP contribution < -0.4 is 5.32 Å². The molecule has 2 fully saturated rings. The van der Waals surface area contributed by atoms with Gasteiger partial charge in [-0.25, -0.2) is 4.79 Å². The van der Waals surface area contributed by atoms with Crippen LogP contribution in [0.25, 0.3) is 0 Å². The minimum Gasteiger partial charge on any atom is -0.465 e. The van der Waals surface area contributed by atoms with Gasteiger partial charge in [-0.3, -0.25) is 24.7 Å². The van der Waals surface area contributed by atoms with E-state index in [1.165, 1.54) is 9.80 Å². The van der Waals surface area contributed by atoms with Crippen molar-refractivity contribution < 1.29 is 24.3 Å². The van der Waals surface area contributed by atoms with Crippen molar-refractivity contribution in [2.24, 2.45) is 5.41 Å². The number of piperidine rings is 2. The number of nitrogens with zero attached hydrogens (tertiary/aromatic N) is 3. The highest BCUT2D eigenvalue weighted by atomic mass is 16.4. The summed E-state index contributed by atoms with van der Waals surface area (Å²) in [6.07, 6.45) is 2.57. The molecule has 9 heteroatoms. The zero-order valence-corrected chi connectivity index (χ0v) is 18.1. The Balaban J connectivity index is 1.54. The second-order valence-electron chi connectivity index (χ2n) is 9.75. The fourth-order valence-corrected chi connectivity index (χ4v) is 4.99. The molecule has 4 heterocycles. The van der Waals surface area contributed by atoms with E-state index in [1.54, 1.807) is 6.20 Å². The number of hydrogen-bond acceptors (Lipinski definition) is 5. The predicted molar refractivity (Wildman–Crippen MR) is 110 cm³/mol. The largest absolute Gasteiger partial charge is 0.465 e. The lowest BCUT2D eigenvalue weighted by molar-refractivity contribution is -0.136. The number of amides is 4. The van der Waals surface area contributed by atoms with Crippen LogP contribution in [0, 0.1) is 5.41 Å². The van der Waals surface area contributed by atoms with E-state index in [9.17, 15) is 24.3 Å². The summed E-state index contributed by atoms with van der Waals surface area (Å²) in [6.45, 7) is 6.89. The molecule has 4 amide bonds. The Hall–Kier alpha value is -2.97. The highest BCUT2D eigenvalue weighted by Gasteiger charge is 2.42. The number of fused-ring (bicyclic) bond motifs is 1. The lowest BCUT2D eigenvalue weighted by Crippen LogP contribution is -2.52. The van der Waals surface area contributed by atoms with Crippen molar-refractivity contribution in [3.8, 4) is 0 Å². The van der Waals surface area contributed by atoms with Crippen LogP contribution in [0.4, 0.5) is 4.79 Å². The molecule has 0 aliphatic carbocycles. The minimum absolute atomic E-state index is 0.102. The molecular formula is C22H28N4O5. The molecule has 3 unspecified atom stereocenters. The van der Waals surface area contributed by atoms with Crippen molar-refractivity contribution >= 4 is 23.8 Å². The van der Waals surface area contributed by atoms with Gasteiger partial charge < -0.3 is 14.9 Å². The molecule has 3 atom stereocenters. The van der Waals surface area contributed by atoms with Gasteiger partial charge in [-0.2, -0.15) is 0 Å². The number of aromatic nitrogens is 1. The lowest BCUT2D eigenvalue weighted by atomic mass is 9.76. The van der Waals surface area contributed by atoms with E-state index in [0.29, 0.717) is 37.9 Å². The molecule has 0 saturated carbocycles. The first kappa shape index (κ1) is 21.3. The Morgan fingerprint density at radius 1 is 1.23 bits per heavy atom. The zero-order valence-electron chi connectivity index (χ0n) is 18.1. The molecule has 166 valence electrons. The Bertz CT molecular complexity index is 954. The Morgan fingerprint density at radius 3 is 2.61 bits per heavy atom. The minimum atomic E-state index is -0.897. The number of carboxylic acid groups (broad SMARTS) is 1. The molecule has 0 aromatic carbocycles. The van der Waals surface area contributed by atoms with Gasteiger partial charge in [0.25, 0.3) is 5.91 Å². The highest BCUT2D eigenvalue weighted by molar-refractivity contribution is 6.05. The summed E-state index contributed by atoms with van der Waals surface area (Å²) in [5.74, 6) is -0.878. The molecule has 1 aromatic heterocycles. The smallest absolute Gasteiger partial charge is 0.407 e. The SMILES string of the molecule is CC(C)(C)C1CC(c2cc3c(cn2)C(=O)N(C2CCC(=O)NC2=O)C3)CCN1C(=O)O. The van der Waals surface area contributed by atoms with Crippen LogP contribution in [-0.2, 0) is 16.1 Å². The van der Waals surface area contributed by atoms with Crippen molar-refractivity contribution in [2.75, 3.05) is 6.54 Å². The number of imide groups is 1. The quantitative estimate of drug-likeness (QED) is 0.696. The van der Waals surface area contributed by atoms with E-state index < -0.39 is 18.0 Å². The molecule has 0 radical (unpaired) electrons. The average Bonchev–Trinajstić information content (AvgIpc) is 3.02. The summed E-state index contributed by atoms with van der Waals surface area (Å²) in [5.41, 5.74) is 1.97. The first-order valence-corrected chi connectivity index (χ1v) is 10.7. The predicted octanol–water partition coefficient (Wildman–Crippen LogP) is 2.11. The van der Waals surface area contributed by atoms with Gasteiger partial charge in [0.05, 0.1) is 5.56 Å². The zero-order chi connectivity index (χ0) is 22.5. The number of nitrogens with one attached hydrogen (secondary N) is 1. The molecule has 2 N–H and O–H groups in total. The van der Waals surface area contributed by atoms with E-state index >= 15 is 0 Å². The van der Waals surface area contributed by atoms with E-state index in [2.05, 4.69) is 10.3 Å². The van der Waals surface area contributed by atoms with Crippen molar-refractivity contribution in [2.45, 2.75) is 71.0 Å². The van der Waals surface area contributed by atoms with Crippen LogP contribution >= 0.6 is 0 Å². The Kier molecular flexibility index (Phi) is 5.23. The van der Waals surface area contributed by atoms with Crippen molar-refractivity contribution in [3.63, 3.8) is 0 Å². The van der Waals surface area contributed by atoms with Crippen molar-refractivity contribution in [1.82, 2.24) is 20.1 Å². The maximum absolute atomic E-state index is 12.9. The molecule has 3 aliphatic heterocycles. The van der Waals surface area contributed by atoms with E-state index in [4.69, 9.17) is 0 Å². The average molecular weight is 428 g/mol. The van der Waals surface area contributed by atoms with Crippen LogP contribution in [0.15, 0.2) is 12.3 Å². The molecule has 0 bridgehead atoms. The number of carbonyl (C=O) groups is 4. The Labute approximate surface area is 180 Å². The summed E-state index contributed by atoms with van der Waals surface area (Å²) in [6, 6.07) is 1.16.